The number of carbonyl (C=O) groups excluding carboxylic acids is 1. The summed E-state index contributed by atoms with van der Waals surface area (Å²) in [6.45, 7) is 1.60. The molecule has 0 N–H and O–H groups in total. The Bertz CT molecular complexity index is 806. The minimum atomic E-state index is -4.63. The molecule has 3 unspecified atom stereocenters. The van der Waals surface area contributed by atoms with Crippen molar-refractivity contribution >= 4 is 17.3 Å². The zero-order chi connectivity index (χ0) is 20.8. The zero-order valence-electron chi connectivity index (χ0n) is 16.0. The maximum Gasteiger partial charge on any atom is 0.416 e. The van der Waals surface area contributed by atoms with Gasteiger partial charge in [0.25, 0.3) is 5.69 Å². The Hall–Kier alpha value is -2.32. The summed E-state index contributed by atoms with van der Waals surface area (Å²) in [6.07, 6.45) is 0.862. The van der Waals surface area contributed by atoms with E-state index in [2.05, 4.69) is 0 Å². The Balaban J connectivity index is 1.39. The number of nitrogens with zero attached hydrogens (tertiary/aromatic N) is 3. The monoisotopic (exact) mass is 411 g/mol. The highest BCUT2D eigenvalue weighted by molar-refractivity contribution is 5.77. The number of carbonyl (C=O) groups is 1. The molecule has 3 aliphatic rings. The average molecular weight is 411 g/mol. The van der Waals surface area contributed by atoms with Crippen molar-refractivity contribution in [3.05, 3.63) is 33.9 Å². The molecule has 29 heavy (non-hydrogen) atoms. The number of alkyl halides is 3. The maximum absolute atomic E-state index is 12.9. The van der Waals surface area contributed by atoms with Gasteiger partial charge in [0.2, 0.25) is 5.91 Å². The molecule has 2 aliphatic carbocycles. The van der Waals surface area contributed by atoms with Crippen LogP contribution in [0, 0.1) is 27.9 Å². The quantitative estimate of drug-likeness (QED) is 0.553. The van der Waals surface area contributed by atoms with Crippen molar-refractivity contribution in [2.45, 2.75) is 38.3 Å². The van der Waals surface area contributed by atoms with Gasteiger partial charge in [-0.2, -0.15) is 13.2 Å². The first-order valence-electron chi connectivity index (χ1n) is 10.1. The van der Waals surface area contributed by atoms with Crippen LogP contribution in [0.2, 0.25) is 0 Å². The van der Waals surface area contributed by atoms with Gasteiger partial charge in [-0.25, -0.2) is 0 Å². The number of anilines is 1. The van der Waals surface area contributed by atoms with Crippen LogP contribution in [0.15, 0.2) is 18.2 Å². The molecular weight excluding hydrogens is 387 g/mol. The van der Waals surface area contributed by atoms with Crippen molar-refractivity contribution < 1.29 is 22.9 Å². The van der Waals surface area contributed by atoms with Crippen LogP contribution < -0.4 is 4.90 Å². The van der Waals surface area contributed by atoms with Crippen molar-refractivity contribution in [2.75, 3.05) is 31.1 Å². The molecule has 1 aromatic rings. The van der Waals surface area contributed by atoms with Crippen LogP contribution in [0.25, 0.3) is 0 Å². The molecule has 1 aromatic carbocycles. The van der Waals surface area contributed by atoms with Crippen LogP contribution in [0.4, 0.5) is 24.5 Å². The Morgan fingerprint density at radius 3 is 2.41 bits per heavy atom. The number of nitro benzene ring substituents is 1. The largest absolute Gasteiger partial charge is 0.416 e. The van der Waals surface area contributed by atoms with E-state index in [1.165, 1.54) is 19.3 Å². The van der Waals surface area contributed by atoms with E-state index in [4.69, 9.17) is 0 Å². The lowest BCUT2D eigenvalue weighted by atomic mass is 9.86. The van der Waals surface area contributed by atoms with Crippen LogP contribution in [0.1, 0.15) is 37.7 Å². The van der Waals surface area contributed by atoms with Crippen LogP contribution in [0.5, 0.6) is 0 Å². The van der Waals surface area contributed by atoms with Gasteiger partial charge < -0.3 is 9.80 Å². The Morgan fingerprint density at radius 1 is 1.14 bits per heavy atom. The zero-order valence-corrected chi connectivity index (χ0v) is 16.0. The number of halogens is 3. The highest BCUT2D eigenvalue weighted by Gasteiger charge is 2.41. The lowest BCUT2D eigenvalue weighted by Gasteiger charge is -2.36. The molecule has 2 bridgehead atoms. The molecule has 1 amide bonds. The van der Waals surface area contributed by atoms with Crippen molar-refractivity contribution in [3.63, 3.8) is 0 Å². The number of hydrogen-bond acceptors (Lipinski definition) is 4. The number of amides is 1. The second-order valence-electron chi connectivity index (χ2n) is 8.47. The first kappa shape index (κ1) is 20.0. The number of hydrogen-bond donors (Lipinski definition) is 0. The fraction of sp³-hybridized carbons (Fsp3) is 0.650. The van der Waals surface area contributed by atoms with Gasteiger partial charge in [0.05, 0.1) is 10.5 Å². The minimum Gasteiger partial charge on any atom is -0.362 e. The fourth-order valence-corrected chi connectivity index (χ4v) is 5.29. The molecule has 6 nitrogen and oxygen atoms in total. The molecular formula is C20H24F3N3O3. The van der Waals surface area contributed by atoms with Gasteiger partial charge >= 0.3 is 6.18 Å². The van der Waals surface area contributed by atoms with E-state index in [1.54, 1.807) is 9.80 Å². The topological polar surface area (TPSA) is 66.7 Å². The third kappa shape index (κ3) is 4.04. The summed E-state index contributed by atoms with van der Waals surface area (Å²) in [5.41, 5.74) is -1.42. The Morgan fingerprint density at radius 2 is 1.86 bits per heavy atom. The summed E-state index contributed by atoms with van der Waals surface area (Å²) in [7, 11) is 0. The SMILES string of the molecule is O=C(CC1CC2CCC1C2)N1CCN(c2ccc(C(F)(F)F)cc2[N+](=O)[O-])CC1. The molecule has 0 radical (unpaired) electrons. The lowest BCUT2D eigenvalue weighted by Crippen LogP contribution is -2.49. The van der Waals surface area contributed by atoms with E-state index in [-0.39, 0.29) is 11.6 Å². The van der Waals surface area contributed by atoms with Gasteiger partial charge in [-0.3, -0.25) is 14.9 Å². The second-order valence-corrected chi connectivity index (χ2v) is 8.47. The summed E-state index contributed by atoms with van der Waals surface area (Å²) in [6, 6.07) is 2.62. The predicted molar refractivity (Wildman–Crippen MR) is 100 cm³/mol. The summed E-state index contributed by atoms with van der Waals surface area (Å²) >= 11 is 0. The van der Waals surface area contributed by atoms with Gasteiger partial charge in [-0.1, -0.05) is 6.42 Å². The van der Waals surface area contributed by atoms with Crippen LogP contribution in [-0.4, -0.2) is 41.9 Å². The third-order valence-corrected chi connectivity index (χ3v) is 6.79. The van der Waals surface area contributed by atoms with Crippen LogP contribution in [-0.2, 0) is 11.0 Å². The van der Waals surface area contributed by atoms with Crippen molar-refractivity contribution in [1.29, 1.82) is 0 Å². The molecule has 1 aliphatic heterocycles. The van der Waals surface area contributed by atoms with Crippen molar-refractivity contribution in [2.24, 2.45) is 17.8 Å². The van der Waals surface area contributed by atoms with Crippen molar-refractivity contribution in [3.8, 4) is 0 Å². The molecule has 158 valence electrons. The molecule has 1 heterocycles. The second kappa shape index (κ2) is 7.50. The predicted octanol–water partition coefficient (Wildman–Crippen LogP) is 4.09. The maximum atomic E-state index is 12.9. The van der Waals surface area contributed by atoms with E-state index < -0.39 is 22.4 Å². The van der Waals surface area contributed by atoms with E-state index in [0.717, 1.165) is 24.5 Å². The minimum absolute atomic E-state index is 0.129. The van der Waals surface area contributed by atoms with Gasteiger partial charge in [0.1, 0.15) is 5.69 Å². The van der Waals surface area contributed by atoms with Crippen LogP contribution >= 0.6 is 0 Å². The lowest BCUT2D eigenvalue weighted by molar-refractivity contribution is -0.384. The standard InChI is InChI=1S/C20H24F3N3O3/c21-20(22,23)16-3-4-17(18(12-16)26(28)29)24-5-7-25(8-6-24)19(27)11-15-10-13-1-2-14(15)9-13/h3-4,12-15H,1-2,5-11H2. The smallest absolute Gasteiger partial charge is 0.362 e. The summed E-state index contributed by atoms with van der Waals surface area (Å²) < 4.78 is 38.7. The van der Waals surface area contributed by atoms with E-state index in [1.807, 2.05) is 0 Å². The van der Waals surface area contributed by atoms with Gasteiger partial charge in [-0.15, -0.1) is 0 Å². The normalized spacial score (nSPS) is 26.8. The number of fused-ring (bicyclic) bond motifs is 2. The Labute approximate surface area is 166 Å². The number of piperazine rings is 1. The Kier molecular flexibility index (Phi) is 5.16. The molecule has 4 rings (SSSR count). The van der Waals surface area contributed by atoms with E-state index in [0.29, 0.717) is 50.5 Å². The number of benzene rings is 1. The highest BCUT2D eigenvalue weighted by Crippen LogP contribution is 2.49. The summed E-state index contributed by atoms with van der Waals surface area (Å²) in [5.74, 6) is 2.08. The average Bonchev–Trinajstić information content (AvgIpc) is 3.30. The molecule has 2 saturated carbocycles. The first-order valence-corrected chi connectivity index (χ1v) is 10.1. The molecule has 0 aromatic heterocycles. The molecule has 0 spiro atoms. The van der Waals surface area contributed by atoms with Crippen LogP contribution in [0.3, 0.4) is 0 Å². The molecule has 3 fully saturated rings. The van der Waals surface area contributed by atoms with Gasteiger partial charge in [0.15, 0.2) is 0 Å². The van der Waals surface area contributed by atoms with Gasteiger partial charge in [-0.05, 0) is 49.1 Å². The van der Waals surface area contributed by atoms with Gasteiger partial charge in [0, 0.05) is 38.7 Å². The van der Waals surface area contributed by atoms with E-state index >= 15 is 0 Å². The molecule has 9 heteroatoms. The first-order chi connectivity index (χ1) is 13.7. The van der Waals surface area contributed by atoms with Crippen molar-refractivity contribution in [1.82, 2.24) is 4.90 Å². The third-order valence-electron chi connectivity index (χ3n) is 6.79. The number of rotatable bonds is 4. The molecule has 3 atom stereocenters. The summed E-state index contributed by atoms with van der Waals surface area (Å²) in [5, 5.41) is 11.3. The summed E-state index contributed by atoms with van der Waals surface area (Å²) in [4.78, 5) is 26.7. The van der Waals surface area contributed by atoms with E-state index in [9.17, 15) is 28.1 Å². The molecule has 1 saturated heterocycles. The highest BCUT2D eigenvalue weighted by atomic mass is 19.4. The number of nitro groups is 1. The fourth-order valence-electron chi connectivity index (χ4n) is 5.29.